The average Bonchev–Trinajstić information content (AvgIpc) is 2.95. The highest BCUT2D eigenvalue weighted by molar-refractivity contribution is 7.16. The smallest absolute Gasteiger partial charge is 0.341 e. The number of aliphatic hydroxyl groups is 1. The number of benzene rings is 1. The highest BCUT2D eigenvalue weighted by Crippen LogP contribution is 2.34. The first-order chi connectivity index (χ1) is 12.0. The monoisotopic (exact) mass is 363 g/mol. The number of carbonyl (C=O) groups is 1. The molecule has 0 amide bonds. The van der Waals surface area contributed by atoms with Crippen molar-refractivity contribution >= 4 is 22.3 Å². The number of thiophene rings is 1. The zero-order valence-corrected chi connectivity index (χ0v) is 15.7. The molecule has 0 atom stereocenters. The van der Waals surface area contributed by atoms with Crippen LogP contribution in [0.2, 0.25) is 0 Å². The van der Waals surface area contributed by atoms with Gasteiger partial charge in [-0.3, -0.25) is 0 Å². The molecule has 6 heteroatoms. The van der Waals surface area contributed by atoms with Crippen LogP contribution in [0.25, 0.3) is 0 Å². The maximum Gasteiger partial charge on any atom is 0.341 e. The topological polar surface area (TPSA) is 81.8 Å². The summed E-state index contributed by atoms with van der Waals surface area (Å²) in [5, 5.41) is 9.85. The van der Waals surface area contributed by atoms with Crippen molar-refractivity contribution in [2.24, 2.45) is 0 Å². The van der Waals surface area contributed by atoms with E-state index < -0.39 is 0 Å². The van der Waals surface area contributed by atoms with Crippen molar-refractivity contribution in [1.29, 1.82) is 0 Å². The Bertz CT molecular complexity index is 739. The standard InChI is InChI=1S/C19H25NO4S/c1-4-14-16(25-18(20)17(14)19(22)24-5-2)9-7-13-10-12(11-21)6-8-15(13)23-3/h6,8,10,21H,4-5,7,9,11,20H2,1-3H3. The Kier molecular flexibility index (Phi) is 6.84. The van der Waals surface area contributed by atoms with Gasteiger partial charge in [-0.05, 0) is 55.0 Å². The van der Waals surface area contributed by atoms with Crippen molar-refractivity contribution in [2.75, 3.05) is 19.5 Å². The normalized spacial score (nSPS) is 10.7. The van der Waals surface area contributed by atoms with E-state index in [9.17, 15) is 9.90 Å². The van der Waals surface area contributed by atoms with E-state index in [1.807, 2.05) is 25.1 Å². The summed E-state index contributed by atoms with van der Waals surface area (Å²) in [7, 11) is 1.64. The van der Waals surface area contributed by atoms with E-state index in [-0.39, 0.29) is 12.6 Å². The molecule has 0 unspecified atom stereocenters. The van der Waals surface area contributed by atoms with E-state index in [0.717, 1.165) is 46.6 Å². The second-order valence-electron chi connectivity index (χ2n) is 5.62. The van der Waals surface area contributed by atoms with Gasteiger partial charge in [-0.2, -0.15) is 0 Å². The number of carbonyl (C=O) groups excluding carboxylic acids is 1. The molecule has 0 saturated heterocycles. The zero-order chi connectivity index (χ0) is 18.4. The van der Waals surface area contributed by atoms with Gasteiger partial charge in [0.15, 0.2) is 0 Å². The molecule has 0 aliphatic carbocycles. The molecule has 1 heterocycles. The first kappa shape index (κ1) is 19.3. The Balaban J connectivity index is 2.27. The molecular weight excluding hydrogens is 338 g/mol. The molecule has 0 radical (unpaired) electrons. The van der Waals surface area contributed by atoms with E-state index in [4.69, 9.17) is 15.2 Å². The van der Waals surface area contributed by atoms with Gasteiger partial charge in [0.05, 0.1) is 25.9 Å². The van der Waals surface area contributed by atoms with E-state index in [0.29, 0.717) is 17.2 Å². The van der Waals surface area contributed by atoms with Crippen LogP contribution in [0.1, 0.15) is 45.8 Å². The van der Waals surface area contributed by atoms with Gasteiger partial charge in [-0.25, -0.2) is 4.79 Å². The average molecular weight is 363 g/mol. The Labute approximate surface area is 152 Å². The van der Waals surface area contributed by atoms with Gasteiger partial charge in [-0.15, -0.1) is 11.3 Å². The minimum Gasteiger partial charge on any atom is -0.496 e. The summed E-state index contributed by atoms with van der Waals surface area (Å²) >= 11 is 1.45. The second kappa shape index (κ2) is 8.87. The summed E-state index contributed by atoms with van der Waals surface area (Å²) in [5.74, 6) is 0.449. The third-order valence-corrected chi connectivity index (χ3v) is 5.22. The number of hydrogen-bond acceptors (Lipinski definition) is 6. The van der Waals surface area contributed by atoms with Gasteiger partial charge in [0, 0.05) is 4.88 Å². The summed E-state index contributed by atoms with van der Waals surface area (Å²) in [6, 6.07) is 5.67. The maximum atomic E-state index is 12.2. The van der Waals surface area contributed by atoms with Gasteiger partial charge < -0.3 is 20.3 Å². The molecule has 0 aliphatic rings. The molecule has 0 saturated carbocycles. The predicted molar refractivity (Wildman–Crippen MR) is 100 cm³/mol. The molecule has 0 fully saturated rings. The molecule has 0 bridgehead atoms. The number of methoxy groups -OCH3 is 1. The summed E-state index contributed by atoms with van der Waals surface area (Å²) in [4.78, 5) is 13.3. The molecule has 3 N–H and O–H groups in total. The van der Waals surface area contributed by atoms with Crippen LogP contribution in [0, 0.1) is 0 Å². The first-order valence-electron chi connectivity index (χ1n) is 8.39. The van der Waals surface area contributed by atoms with Gasteiger partial charge in [0.2, 0.25) is 0 Å². The van der Waals surface area contributed by atoms with E-state index in [1.54, 1.807) is 14.0 Å². The third kappa shape index (κ3) is 4.32. The number of nitrogen functional groups attached to an aromatic ring is 1. The highest BCUT2D eigenvalue weighted by atomic mass is 32.1. The van der Waals surface area contributed by atoms with Gasteiger partial charge >= 0.3 is 5.97 Å². The molecule has 5 nitrogen and oxygen atoms in total. The van der Waals surface area contributed by atoms with Crippen LogP contribution in [0.5, 0.6) is 5.75 Å². The minimum atomic E-state index is -0.348. The number of ether oxygens (including phenoxy) is 2. The zero-order valence-electron chi connectivity index (χ0n) is 14.9. The van der Waals surface area contributed by atoms with Gasteiger partial charge in [-0.1, -0.05) is 13.0 Å². The van der Waals surface area contributed by atoms with Gasteiger partial charge in [0.25, 0.3) is 0 Å². The fraction of sp³-hybridized carbons (Fsp3) is 0.421. The Morgan fingerprint density at radius 2 is 2.04 bits per heavy atom. The fourth-order valence-corrected chi connectivity index (χ4v) is 4.06. The van der Waals surface area contributed by atoms with Crippen LogP contribution >= 0.6 is 11.3 Å². The highest BCUT2D eigenvalue weighted by Gasteiger charge is 2.22. The largest absolute Gasteiger partial charge is 0.496 e. The van der Waals surface area contributed by atoms with Crippen LogP contribution in [-0.4, -0.2) is 24.8 Å². The lowest BCUT2D eigenvalue weighted by Crippen LogP contribution is -2.09. The number of esters is 1. The van der Waals surface area contributed by atoms with Crippen LogP contribution < -0.4 is 10.5 Å². The van der Waals surface area contributed by atoms with Crippen molar-refractivity contribution in [3.63, 3.8) is 0 Å². The van der Waals surface area contributed by atoms with Gasteiger partial charge in [0.1, 0.15) is 10.8 Å². The second-order valence-corrected chi connectivity index (χ2v) is 6.76. The fourth-order valence-electron chi connectivity index (χ4n) is 2.91. The van der Waals surface area contributed by atoms with Crippen molar-refractivity contribution < 1.29 is 19.4 Å². The molecule has 25 heavy (non-hydrogen) atoms. The molecule has 0 aliphatic heterocycles. The van der Waals surface area contributed by atoms with Crippen molar-refractivity contribution in [3.05, 3.63) is 45.3 Å². The summed E-state index contributed by atoms with van der Waals surface area (Å²) in [5.41, 5.74) is 9.44. The van der Waals surface area contributed by atoms with Crippen molar-refractivity contribution in [1.82, 2.24) is 0 Å². The Morgan fingerprint density at radius 1 is 1.28 bits per heavy atom. The Hall–Kier alpha value is -2.05. The number of aryl methyl sites for hydroxylation is 2. The molecule has 2 aromatic rings. The van der Waals surface area contributed by atoms with Crippen LogP contribution in [0.3, 0.4) is 0 Å². The Morgan fingerprint density at radius 3 is 2.64 bits per heavy atom. The number of rotatable bonds is 8. The molecular formula is C19H25NO4S. The maximum absolute atomic E-state index is 12.2. The van der Waals surface area contributed by atoms with E-state index >= 15 is 0 Å². The lowest BCUT2D eigenvalue weighted by molar-refractivity contribution is 0.0527. The molecule has 136 valence electrons. The number of nitrogens with two attached hydrogens (primary N) is 1. The van der Waals surface area contributed by atoms with Crippen molar-refractivity contribution in [2.45, 2.75) is 39.7 Å². The summed E-state index contributed by atoms with van der Waals surface area (Å²) in [6.45, 7) is 4.13. The summed E-state index contributed by atoms with van der Waals surface area (Å²) < 4.78 is 10.5. The van der Waals surface area contributed by atoms with E-state index in [2.05, 4.69) is 0 Å². The number of anilines is 1. The minimum absolute atomic E-state index is 0.00381. The SMILES string of the molecule is CCOC(=O)c1c(N)sc(CCc2cc(CO)ccc2OC)c1CC. The number of aliphatic hydroxyl groups excluding tert-OH is 1. The van der Waals surface area contributed by atoms with Crippen LogP contribution in [0.15, 0.2) is 18.2 Å². The number of hydrogen-bond donors (Lipinski definition) is 2. The molecule has 1 aromatic carbocycles. The van der Waals surface area contributed by atoms with Crippen LogP contribution in [0.4, 0.5) is 5.00 Å². The molecule has 0 spiro atoms. The summed E-state index contributed by atoms with van der Waals surface area (Å²) in [6.07, 6.45) is 2.22. The molecule has 2 rings (SSSR count). The lowest BCUT2D eigenvalue weighted by Gasteiger charge is -2.10. The molecule has 1 aromatic heterocycles. The quantitative estimate of drug-likeness (QED) is 0.703. The third-order valence-electron chi connectivity index (χ3n) is 4.10. The lowest BCUT2D eigenvalue weighted by atomic mass is 10.0. The predicted octanol–water partition coefficient (Wildman–Crippen LogP) is 3.36. The van der Waals surface area contributed by atoms with Crippen LogP contribution in [-0.2, 0) is 30.6 Å². The van der Waals surface area contributed by atoms with E-state index in [1.165, 1.54) is 11.3 Å². The van der Waals surface area contributed by atoms with Crippen molar-refractivity contribution in [3.8, 4) is 5.75 Å². The first-order valence-corrected chi connectivity index (χ1v) is 9.21.